The maximum atomic E-state index is 8.88. The molecule has 0 aliphatic heterocycles. The smallest absolute Gasteiger partial charge is 0.423 e. The lowest BCUT2D eigenvalue weighted by molar-refractivity contribution is 0.425. The third kappa shape index (κ3) is 3.19. The Balaban J connectivity index is 0.00000144. The summed E-state index contributed by atoms with van der Waals surface area (Å²) in [6, 6.07) is 1.83. The summed E-state index contributed by atoms with van der Waals surface area (Å²) in [5.74, 6) is 0. The molecule has 0 atom stereocenters. The third-order valence-corrected chi connectivity index (χ3v) is 2.26. The summed E-state index contributed by atoms with van der Waals surface area (Å²) in [6.45, 7) is 1.83. The highest BCUT2D eigenvalue weighted by molar-refractivity contribution is 7.98. The molecule has 0 amide bonds. The fourth-order valence-corrected chi connectivity index (χ4v) is 1.38. The molecule has 0 aromatic carbocycles. The van der Waals surface area contributed by atoms with Crippen LogP contribution in [0.15, 0.2) is 17.3 Å². The van der Waals surface area contributed by atoms with Crippen LogP contribution < -0.4 is 5.46 Å². The number of halogens is 1. The molecule has 1 heterocycles. The van der Waals surface area contributed by atoms with Crippen LogP contribution in [0.1, 0.15) is 5.56 Å². The lowest BCUT2D eigenvalue weighted by Gasteiger charge is -2.04. The Morgan fingerprint density at radius 2 is 2.08 bits per heavy atom. The molecule has 0 spiro atoms. The van der Waals surface area contributed by atoms with E-state index >= 15 is 0 Å². The largest absolute Gasteiger partial charge is 0.490 e. The van der Waals surface area contributed by atoms with Gasteiger partial charge in [0, 0.05) is 11.7 Å². The second-order valence-electron chi connectivity index (χ2n) is 2.46. The van der Waals surface area contributed by atoms with Gasteiger partial charge < -0.3 is 10.0 Å². The summed E-state index contributed by atoms with van der Waals surface area (Å²) < 4.78 is 0. The minimum atomic E-state index is -1.42. The Labute approximate surface area is 88.1 Å². The van der Waals surface area contributed by atoms with E-state index in [-0.39, 0.29) is 12.4 Å². The first-order valence-electron chi connectivity index (χ1n) is 3.52. The van der Waals surface area contributed by atoms with Crippen molar-refractivity contribution >= 4 is 36.8 Å². The monoisotopic (exact) mass is 219 g/mol. The molecule has 6 heteroatoms. The van der Waals surface area contributed by atoms with E-state index in [9.17, 15) is 0 Å². The Bertz CT molecular complexity index is 285. The highest BCUT2D eigenvalue weighted by atomic mass is 35.5. The van der Waals surface area contributed by atoms with Crippen LogP contribution in [-0.4, -0.2) is 28.4 Å². The molecule has 2 N–H and O–H groups in total. The lowest BCUT2D eigenvalue weighted by atomic mass is 9.79. The number of aryl methyl sites for hydroxylation is 1. The predicted molar refractivity (Wildman–Crippen MR) is 57.8 cm³/mol. The van der Waals surface area contributed by atoms with Gasteiger partial charge in [-0.05, 0) is 24.8 Å². The van der Waals surface area contributed by atoms with Crippen molar-refractivity contribution in [1.29, 1.82) is 0 Å². The number of hydrogen-bond acceptors (Lipinski definition) is 4. The van der Waals surface area contributed by atoms with Crippen molar-refractivity contribution in [2.75, 3.05) is 6.26 Å². The minimum Gasteiger partial charge on any atom is -0.423 e. The normalized spacial score (nSPS) is 9.23. The molecule has 0 saturated carbocycles. The molecule has 0 aliphatic carbocycles. The summed E-state index contributed by atoms with van der Waals surface area (Å²) in [5.41, 5.74) is 1.32. The molecule has 0 saturated heterocycles. The van der Waals surface area contributed by atoms with E-state index in [1.807, 2.05) is 19.2 Å². The first-order valence-corrected chi connectivity index (χ1v) is 4.74. The fraction of sp³-hybridized carbons (Fsp3) is 0.286. The van der Waals surface area contributed by atoms with Crippen molar-refractivity contribution in [3.63, 3.8) is 0 Å². The maximum absolute atomic E-state index is 8.88. The number of aromatic nitrogens is 1. The van der Waals surface area contributed by atoms with Gasteiger partial charge in [0.25, 0.3) is 0 Å². The van der Waals surface area contributed by atoms with E-state index in [1.165, 1.54) is 18.0 Å². The van der Waals surface area contributed by atoms with Gasteiger partial charge in [-0.25, -0.2) is 0 Å². The van der Waals surface area contributed by atoms with Gasteiger partial charge in [0.15, 0.2) is 0 Å². The average molecular weight is 220 g/mol. The van der Waals surface area contributed by atoms with Crippen LogP contribution in [-0.2, 0) is 0 Å². The fourth-order valence-electron chi connectivity index (χ4n) is 0.923. The molecule has 72 valence electrons. The van der Waals surface area contributed by atoms with E-state index in [0.29, 0.717) is 5.46 Å². The van der Waals surface area contributed by atoms with Gasteiger partial charge in [-0.15, -0.1) is 24.2 Å². The van der Waals surface area contributed by atoms with E-state index in [2.05, 4.69) is 4.98 Å². The highest BCUT2D eigenvalue weighted by Gasteiger charge is 2.14. The zero-order valence-electron chi connectivity index (χ0n) is 7.39. The summed E-state index contributed by atoms with van der Waals surface area (Å²) in [6.07, 6.45) is 3.42. The number of pyridine rings is 1. The van der Waals surface area contributed by atoms with Crippen LogP contribution in [0.25, 0.3) is 0 Å². The highest BCUT2D eigenvalue weighted by Crippen LogP contribution is 2.10. The number of rotatable bonds is 2. The number of nitrogens with zero attached hydrogens (tertiary/aromatic N) is 1. The second kappa shape index (κ2) is 5.49. The average Bonchev–Trinajstić information content (AvgIpc) is 2.03. The standard InChI is InChI=1S/C7H10BNO2S.ClH/c1-5-3-7(12-2)9-4-6(5)8(10)11;/h3-4,10-11H,1-2H3;1H. The van der Waals surface area contributed by atoms with Gasteiger partial charge in [0.2, 0.25) is 0 Å². The number of hydrogen-bond donors (Lipinski definition) is 2. The Morgan fingerprint density at radius 1 is 1.46 bits per heavy atom. The van der Waals surface area contributed by atoms with Crippen molar-refractivity contribution in [2.45, 2.75) is 11.9 Å². The predicted octanol–water partition coefficient (Wildman–Crippen LogP) is 0.214. The van der Waals surface area contributed by atoms with Crippen LogP contribution >= 0.6 is 24.2 Å². The molecule has 1 aromatic rings. The summed E-state index contributed by atoms with van der Waals surface area (Å²) in [5, 5.41) is 18.6. The first-order chi connectivity index (χ1) is 5.65. The molecule has 0 bridgehead atoms. The zero-order chi connectivity index (χ0) is 9.14. The molecule has 1 aromatic heterocycles. The van der Waals surface area contributed by atoms with Gasteiger partial charge in [0.05, 0.1) is 5.03 Å². The minimum absolute atomic E-state index is 0. The van der Waals surface area contributed by atoms with Crippen LogP contribution in [0, 0.1) is 6.92 Å². The molecule has 1 rings (SSSR count). The molecule has 0 unspecified atom stereocenters. The first kappa shape index (κ1) is 12.8. The molecular weight excluding hydrogens is 208 g/mol. The van der Waals surface area contributed by atoms with Gasteiger partial charge in [-0.3, -0.25) is 4.98 Å². The molecule has 0 aliphatic rings. The van der Waals surface area contributed by atoms with Crippen molar-refractivity contribution in [3.05, 3.63) is 17.8 Å². The molecular formula is C7H11BClNO2S. The van der Waals surface area contributed by atoms with Gasteiger partial charge in [0.1, 0.15) is 0 Å². The molecule has 0 fully saturated rings. The molecule has 13 heavy (non-hydrogen) atoms. The quantitative estimate of drug-likeness (QED) is 0.552. The van der Waals surface area contributed by atoms with E-state index < -0.39 is 7.12 Å². The Kier molecular flexibility index (Phi) is 5.40. The van der Waals surface area contributed by atoms with Crippen LogP contribution in [0.3, 0.4) is 0 Å². The maximum Gasteiger partial charge on any atom is 0.490 e. The number of thioether (sulfide) groups is 1. The lowest BCUT2D eigenvalue weighted by Crippen LogP contribution is -2.32. The second-order valence-corrected chi connectivity index (χ2v) is 3.28. The van der Waals surface area contributed by atoms with E-state index in [0.717, 1.165) is 10.6 Å². The summed E-state index contributed by atoms with van der Waals surface area (Å²) >= 11 is 1.53. The van der Waals surface area contributed by atoms with Crippen LogP contribution in [0.4, 0.5) is 0 Å². The van der Waals surface area contributed by atoms with Crippen molar-refractivity contribution in [2.24, 2.45) is 0 Å². The van der Waals surface area contributed by atoms with E-state index in [4.69, 9.17) is 10.0 Å². The summed E-state index contributed by atoms with van der Waals surface area (Å²) in [7, 11) is -1.42. The Hall–Kier alpha value is -0.225. The molecule has 0 radical (unpaired) electrons. The van der Waals surface area contributed by atoms with Crippen LogP contribution in [0.2, 0.25) is 0 Å². The topological polar surface area (TPSA) is 53.4 Å². The van der Waals surface area contributed by atoms with E-state index in [1.54, 1.807) is 0 Å². The van der Waals surface area contributed by atoms with Crippen molar-refractivity contribution < 1.29 is 10.0 Å². The van der Waals surface area contributed by atoms with Gasteiger partial charge in [-0.1, -0.05) is 0 Å². The third-order valence-electron chi connectivity index (χ3n) is 1.61. The molecule has 3 nitrogen and oxygen atoms in total. The van der Waals surface area contributed by atoms with Gasteiger partial charge in [-0.2, -0.15) is 0 Å². The van der Waals surface area contributed by atoms with Crippen molar-refractivity contribution in [1.82, 2.24) is 4.98 Å². The van der Waals surface area contributed by atoms with Crippen LogP contribution in [0.5, 0.6) is 0 Å². The SMILES string of the molecule is CSc1cc(C)c(B(O)O)cn1.Cl. The van der Waals surface area contributed by atoms with Gasteiger partial charge >= 0.3 is 7.12 Å². The zero-order valence-corrected chi connectivity index (χ0v) is 9.02. The van der Waals surface area contributed by atoms with Crippen molar-refractivity contribution in [3.8, 4) is 0 Å². The Morgan fingerprint density at radius 3 is 2.46 bits per heavy atom. The summed E-state index contributed by atoms with van der Waals surface area (Å²) in [4.78, 5) is 4.02.